The summed E-state index contributed by atoms with van der Waals surface area (Å²) in [5.74, 6) is -3.89. The van der Waals surface area contributed by atoms with E-state index in [9.17, 15) is 13.2 Å². The van der Waals surface area contributed by atoms with Crippen molar-refractivity contribution in [2.24, 2.45) is 5.92 Å². The molecule has 1 heterocycles. The first-order valence-corrected chi connectivity index (χ1v) is 7.07. The molecule has 0 atom stereocenters. The molecule has 1 saturated heterocycles. The Hall–Kier alpha value is -1.05. The molecule has 1 aliphatic heterocycles. The Morgan fingerprint density at radius 1 is 1.19 bits per heavy atom. The van der Waals surface area contributed by atoms with Crippen molar-refractivity contribution in [1.29, 1.82) is 0 Å². The van der Waals surface area contributed by atoms with Crippen molar-refractivity contribution in [2.75, 3.05) is 26.4 Å². The summed E-state index contributed by atoms with van der Waals surface area (Å²) >= 11 is 0. The monoisotopic (exact) mass is 302 g/mol. The van der Waals surface area contributed by atoms with Crippen molar-refractivity contribution in [1.82, 2.24) is 0 Å². The van der Waals surface area contributed by atoms with Crippen LogP contribution in [0.5, 0.6) is 0 Å². The van der Waals surface area contributed by atoms with Crippen LogP contribution in [0.2, 0.25) is 0 Å². The van der Waals surface area contributed by atoms with Gasteiger partial charge in [0.15, 0.2) is 17.5 Å². The average molecular weight is 302 g/mol. The number of hydrogen-bond acceptors (Lipinski definition) is 3. The topological polar surface area (TPSA) is 27.7 Å². The standard InChI is InChI=1S/C14H18BF3O3/c1-2-3-4-19-7-10-8-20-15(21-9-10)11-5-12(16)14(18)13(17)6-11/h5-6,10H,2-4,7-9H2,1H3. The fraction of sp³-hybridized carbons (Fsp3) is 0.571. The van der Waals surface area contributed by atoms with Crippen molar-refractivity contribution < 1.29 is 27.2 Å². The van der Waals surface area contributed by atoms with Gasteiger partial charge in [-0.15, -0.1) is 0 Å². The lowest BCUT2D eigenvalue weighted by atomic mass is 9.77. The van der Waals surface area contributed by atoms with E-state index in [1.165, 1.54) is 0 Å². The van der Waals surface area contributed by atoms with Crippen molar-refractivity contribution in [3.63, 3.8) is 0 Å². The van der Waals surface area contributed by atoms with Gasteiger partial charge in [0.25, 0.3) is 0 Å². The van der Waals surface area contributed by atoms with Crippen molar-refractivity contribution in [3.8, 4) is 0 Å². The molecular formula is C14H18BF3O3. The van der Waals surface area contributed by atoms with Crippen LogP contribution in [0, 0.1) is 23.4 Å². The van der Waals surface area contributed by atoms with Gasteiger partial charge in [0.05, 0.1) is 6.61 Å². The molecule has 2 rings (SSSR count). The van der Waals surface area contributed by atoms with Gasteiger partial charge in [-0.05, 0) is 24.0 Å². The normalized spacial score (nSPS) is 16.5. The highest BCUT2D eigenvalue weighted by Gasteiger charge is 2.31. The number of unbranched alkanes of at least 4 members (excludes halogenated alkanes) is 1. The third kappa shape index (κ3) is 4.46. The van der Waals surface area contributed by atoms with Gasteiger partial charge in [0, 0.05) is 25.7 Å². The van der Waals surface area contributed by atoms with Crippen molar-refractivity contribution in [2.45, 2.75) is 19.8 Å². The summed E-state index contributed by atoms with van der Waals surface area (Å²) in [5.41, 5.74) is 0.136. The molecule has 0 radical (unpaired) electrons. The van der Waals surface area contributed by atoms with Crippen LogP contribution < -0.4 is 5.46 Å². The van der Waals surface area contributed by atoms with E-state index in [-0.39, 0.29) is 11.4 Å². The maximum atomic E-state index is 13.2. The fourth-order valence-electron chi connectivity index (χ4n) is 2.04. The Kier molecular flexibility index (Phi) is 6.08. The van der Waals surface area contributed by atoms with E-state index in [0.717, 1.165) is 25.0 Å². The number of benzene rings is 1. The van der Waals surface area contributed by atoms with Gasteiger partial charge in [-0.1, -0.05) is 13.3 Å². The van der Waals surface area contributed by atoms with Crippen molar-refractivity contribution >= 4 is 12.6 Å². The second kappa shape index (κ2) is 7.82. The van der Waals surface area contributed by atoms with Crippen LogP contribution >= 0.6 is 0 Å². The van der Waals surface area contributed by atoms with Gasteiger partial charge in [0.1, 0.15) is 0 Å². The molecule has 0 N–H and O–H groups in total. The summed E-state index contributed by atoms with van der Waals surface area (Å²) in [5, 5.41) is 0. The molecule has 21 heavy (non-hydrogen) atoms. The first kappa shape index (κ1) is 16.3. The van der Waals surface area contributed by atoms with Crippen molar-refractivity contribution in [3.05, 3.63) is 29.6 Å². The Bertz CT molecular complexity index is 442. The second-order valence-electron chi connectivity index (χ2n) is 5.09. The van der Waals surface area contributed by atoms with Gasteiger partial charge in [0.2, 0.25) is 0 Å². The Morgan fingerprint density at radius 2 is 1.81 bits per heavy atom. The van der Waals surface area contributed by atoms with Gasteiger partial charge in [-0.25, -0.2) is 13.2 Å². The maximum Gasteiger partial charge on any atom is 0.494 e. The fourth-order valence-corrected chi connectivity index (χ4v) is 2.04. The third-order valence-electron chi connectivity index (χ3n) is 3.24. The first-order valence-electron chi connectivity index (χ1n) is 7.07. The minimum absolute atomic E-state index is 0.0910. The van der Waals surface area contributed by atoms with Crippen LogP contribution in [0.1, 0.15) is 19.8 Å². The Labute approximate surface area is 122 Å². The minimum Gasteiger partial charge on any atom is -0.407 e. The first-order chi connectivity index (χ1) is 10.1. The molecule has 0 spiro atoms. The molecule has 7 heteroatoms. The number of ether oxygens (including phenoxy) is 1. The quantitative estimate of drug-likeness (QED) is 0.458. The molecule has 1 aromatic carbocycles. The lowest BCUT2D eigenvalue weighted by Crippen LogP contribution is -2.45. The largest absolute Gasteiger partial charge is 0.494 e. The van der Waals surface area contributed by atoms with Crippen LogP contribution in [-0.2, 0) is 14.0 Å². The number of hydrogen-bond donors (Lipinski definition) is 0. The smallest absolute Gasteiger partial charge is 0.407 e. The third-order valence-corrected chi connectivity index (χ3v) is 3.24. The van der Waals surface area contributed by atoms with E-state index in [1.54, 1.807) is 0 Å². The summed E-state index contributed by atoms with van der Waals surface area (Å²) < 4.78 is 55.6. The highest BCUT2D eigenvalue weighted by Crippen LogP contribution is 2.13. The van der Waals surface area contributed by atoms with E-state index in [4.69, 9.17) is 14.0 Å². The molecule has 0 unspecified atom stereocenters. The molecule has 116 valence electrons. The van der Waals surface area contributed by atoms with E-state index in [1.807, 2.05) is 0 Å². The molecular weight excluding hydrogens is 284 g/mol. The van der Waals surface area contributed by atoms with Crippen LogP contribution in [0.4, 0.5) is 13.2 Å². The lowest BCUT2D eigenvalue weighted by molar-refractivity contribution is 0.0183. The maximum absolute atomic E-state index is 13.2. The predicted molar refractivity (Wildman–Crippen MR) is 72.8 cm³/mol. The van der Waals surface area contributed by atoms with Gasteiger partial charge < -0.3 is 14.0 Å². The molecule has 3 nitrogen and oxygen atoms in total. The SMILES string of the molecule is CCCCOCC1COB(c2cc(F)c(F)c(F)c2)OC1. The van der Waals surface area contributed by atoms with Gasteiger partial charge in [-0.3, -0.25) is 0 Å². The summed E-state index contributed by atoms with van der Waals surface area (Å²) in [6, 6.07) is 1.78. The van der Waals surface area contributed by atoms with Crippen LogP contribution in [-0.4, -0.2) is 33.5 Å². The second-order valence-corrected chi connectivity index (χ2v) is 5.09. The summed E-state index contributed by atoms with van der Waals surface area (Å²) in [6.45, 7) is 4.06. The molecule has 0 aliphatic carbocycles. The highest BCUT2D eigenvalue weighted by atomic mass is 19.2. The predicted octanol–water partition coefficient (Wildman–Crippen LogP) is 2.28. The van der Waals surface area contributed by atoms with E-state index in [2.05, 4.69) is 6.92 Å². The lowest BCUT2D eigenvalue weighted by Gasteiger charge is -2.27. The zero-order valence-electron chi connectivity index (χ0n) is 11.9. The molecule has 1 aliphatic rings. The highest BCUT2D eigenvalue weighted by molar-refractivity contribution is 6.61. The molecule has 0 aromatic heterocycles. The van der Waals surface area contributed by atoms with E-state index >= 15 is 0 Å². The number of rotatable bonds is 6. The summed E-state index contributed by atoms with van der Waals surface area (Å²) in [7, 11) is -0.874. The van der Waals surface area contributed by atoms with Crippen LogP contribution in [0.3, 0.4) is 0 Å². The molecule has 0 saturated carbocycles. The summed E-state index contributed by atoms with van der Waals surface area (Å²) in [4.78, 5) is 0. The molecule has 0 bridgehead atoms. The minimum atomic E-state index is -1.49. The molecule has 1 fully saturated rings. The molecule has 0 amide bonds. The van der Waals surface area contributed by atoms with E-state index < -0.39 is 24.6 Å². The zero-order chi connectivity index (χ0) is 15.2. The summed E-state index contributed by atoms with van der Waals surface area (Å²) in [6.07, 6.45) is 2.08. The Morgan fingerprint density at radius 3 is 2.38 bits per heavy atom. The number of halogens is 3. The van der Waals surface area contributed by atoms with E-state index in [0.29, 0.717) is 26.4 Å². The van der Waals surface area contributed by atoms with Gasteiger partial charge >= 0.3 is 7.12 Å². The van der Waals surface area contributed by atoms with Gasteiger partial charge in [-0.2, -0.15) is 0 Å². The average Bonchev–Trinajstić information content (AvgIpc) is 2.49. The van der Waals surface area contributed by atoms with Crippen LogP contribution in [0.25, 0.3) is 0 Å². The molecule has 1 aromatic rings. The Balaban J connectivity index is 1.84. The van der Waals surface area contributed by atoms with Crippen LogP contribution in [0.15, 0.2) is 12.1 Å². The zero-order valence-corrected chi connectivity index (χ0v) is 11.9.